The monoisotopic (exact) mass is 339 g/mol. The number of benzene rings is 1. The van der Waals surface area contributed by atoms with Gasteiger partial charge in [-0.1, -0.05) is 12.1 Å². The third kappa shape index (κ3) is 7.25. The number of carboxylic acid groups (broad SMARTS) is 2. The van der Waals surface area contributed by atoms with Crippen molar-refractivity contribution in [3.63, 3.8) is 0 Å². The van der Waals surface area contributed by atoms with E-state index in [0.717, 1.165) is 5.56 Å². The molecule has 0 aromatic heterocycles. The summed E-state index contributed by atoms with van der Waals surface area (Å²) in [5.74, 6) is -5.10. The predicted molar refractivity (Wildman–Crippen MR) is 79.2 cm³/mol. The number of phenolic OH excluding ortho intramolecular Hbond substituents is 1. The summed E-state index contributed by atoms with van der Waals surface area (Å²) in [4.78, 5) is 43.9. The minimum absolute atomic E-state index is 0.0241. The molecule has 0 unspecified atom stereocenters. The van der Waals surface area contributed by atoms with Crippen LogP contribution in [0.15, 0.2) is 24.3 Å². The number of amides is 1. The van der Waals surface area contributed by atoms with Gasteiger partial charge in [-0.15, -0.1) is 0 Å². The van der Waals surface area contributed by atoms with Crippen LogP contribution in [0.5, 0.6) is 5.75 Å². The highest BCUT2D eigenvalue weighted by Gasteiger charge is 2.23. The van der Waals surface area contributed by atoms with E-state index in [1.54, 1.807) is 12.1 Å². The number of esters is 1. The van der Waals surface area contributed by atoms with Crippen molar-refractivity contribution < 1.29 is 39.2 Å². The lowest BCUT2D eigenvalue weighted by atomic mass is 10.1. The summed E-state index contributed by atoms with van der Waals surface area (Å²) in [7, 11) is 0. The summed E-state index contributed by atoms with van der Waals surface area (Å²) >= 11 is 0. The summed E-state index contributed by atoms with van der Waals surface area (Å²) in [5, 5.41) is 28.3. The van der Waals surface area contributed by atoms with Crippen LogP contribution in [0, 0.1) is 0 Å². The van der Waals surface area contributed by atoms with E-state index in [2.05, 4.69) is 0 Å². The Kier molecular flexibility index (Phi) is 7.21. The molecule has 130 valence electrons. The Hall–Kier alpha value is -3.10. The first-order valence-corrected chi connectivity index (χ1v) is 6.97. The molecule has 0 heterocycles. The highest BCUT2D eigenvalue weighted by Crippen LogP contribution is 2.10. The van der Waals surface area contributed by atoms with E-state index in [4.69, 9.17) is 20.1 Å². The lowest BCUT2D eigenvalue weighted by Gasteiger charge is -2.15. The van der Waals surface area contributed by atoms with Crippen LogP contribution in [0.2, 0.25) is 0 Å². The van der Waals surface area contributed by atoms with Gasteiger partial charge in [0.25, 0.3) is 0 Å². The smallest absolute Gasteiger partial charge is 0.394 e. The highest BCUT2D eigenvalue weighted by atomic mass is 16.5. The fraction of sp³-hybridized carbons (Fsp3) is 0.333. The standard InChI is InChI=1S/C15H17NO8/c17-11-3-1-9(2-4-11)5-6-24-13(20)8-10(7-12(18)19)16-14(21)15(22)23/h1-4,10,17H,5-8H2,(H,16,21)(H,18,19)(H,22,23)/t10-/m0/s1. The number of rotatable bonds is 8. The van der Waals surface area contributed by atoms with E-state index in [0.29, 0.717) is 6.42 Å². The Morgan fingerprint density at radius 3 is 2.21 bits per heavy atom. The van der Waals surface area contributed by atoms with Crippen molar-refractivity contribution >= 4 is 23.8 Å². The van der Waals surface area contributed by atoms with Gasteiger partial charge in [-0.25, -0.2) is 4.79 Å². The van der Waals surface area contributed by atoms with Crippen molar-refractivity contribution in [1.82, 2.24) is 5.32 Å². The maximum Gasteiger partial charge on any atom is 0.394 e. The number of hydrogen-bond donors (Lipinski definition) is 4. The largest absolute Gasteiger partial charge is 0.508 e. The molecule has 9 heteroatoms. The number of aromatic hydroxyl groups is 1. The number of carboxylic acids is 2. The Bertz CT molecular complexity index is 610. The van der Waals surface area contributed by atoms with Crippen molar-refractivity contribution in [2.24, 2.45) is 0 Å². The van der Waals surface area contributed by atoms with Crippen LogP contribution in [0.3, 0.4) is 0 Å². The normalized spacial score (nSPS) is 11.3. The van der Waals surface area contributed by atoms with Crippen LogP contribution in [-0.4, -0.2) is 51.8 Å². The molecule has 24 heavy (non-hydrogen) atoms. The molecule has 1 aromatic carbocycles. The van der Waals surface area contributed by atoms with Gasteiger partial charge < -0.3 is 25.4 Å². The molecule has 0 aliphatic rings. The van der Waals surface area contributed by atoms with E-state index in [9.17, 15) is 19.2 Å². The second-order valence-corrected chi connectivity index (χ2v) is 4.91. The summed E-state index contributed by atoms with van der Waals surface area (Å²) in [6, 6.07) is 5.11. The second-order valence-electron chi connectivity index (χ2n) is 4.91. The zero-order valence-electron chi connectivity index (χ0n) is 12.6. The number of aliphatic carboxylic acids is 2. The van der Waals surface area contributed by atoms with Crippen molar-refractivity contribution in [1.29, 1.82) is 0 Å². The zero-order chi connectivity index (χ0) is 18.1. The highest BCUT2D eigenvalue weighted by molar-refractivity contribution is 6.31. The van der Waals surface area contributed by atoms with E-state index < -0.39 is 42.7 Å². The van der Waals surface area contributed by atoms with Crippen molar-refractivity contribution in [2.75, 3.05) is 6.61 Å². The first-order chi connectivity index (χ1) is 11.3. The maximum absolute atomic E-state index is 11.7. The molecular weight excluding hydrogens is 322 g/mol. The molecule has 0 saturated heterocycles. The van der Waals surface area contributed by atoms with Gasteiger partial charge in [0.15, 0.2) is 0 Å². The molecule has 0 radical (unpaired) electrons. The van der Waals surface area contributed by atoms with E-state index >= 15 is 0 Å². The zero-order valence-corrected chi connectivity index (χ0v) is 12.6. The number of phenols is 1. The van der Waals surface area contributed by atoms with Gasteiger partial charge in [0.2, 0.25) is 0 Å². The molecule has 0 aliphatic carbocycles. The van der Waals surface area contributed by atoms with E-state index in [1.165, 1.54) is 12.1 Å². The Morgan fingerprint density at radius 2 is 1.67 bits per heavy atom. The number of carbonyl (C=O) groups excluding carboxylic acids is 2. The topological polar surface area (TPSA) is 150 Å². The summed E-state index contributed by atoms with van der Waals surface area (Å²) in [5.41, 5.74) is 0.821. The molecule has 4 N–H and O–H groups in total. The van der Waals surface area contributed by atoms with E-state index in [1.807, 2.05) is 5.32 Å². The van der Waals surface area contributed by atoms with Gasteiger partial charge in [-0.2, -0.15) is 0 Å². The SMILES string of the molecule is O=C(O)C[C@@H](CC(=O)OCCc1ccc(O)cc1)NC(=O)C(=O)O. The van der Waals surface area contributed by atoms with Crippen LogP contribution >= 0.6 is 0 Å². The molecule has 0 bridgehead atoms. The summed E-state index contributed by atoms with van der Waals surface area (Å²) in [6.07, 6.45) is -0.677. The van der Waals surface area contributed by atoms with Crippen molar-refractivity contribution in [3.05, 3.63) is 29.8 Å². The lowest BCUT2D eigenvalue weighted by molar-refractivity contribution is -0.152. The fourth-order valence-electron chi connectivity index (χ4n) is 1.84. The average molecular weight is 339 g/mol. The van der Waals surface area contributed by atoms with Gasteiger partial charge in [0.05, 0.1) is 25.5 Å². The lowest BCUT2D eigenvalue weighted by Crippen LogP contribution is -2.41. The number of carbonyl (C=O) groups is 4. The third-order valence-electron chi connectivity index (χ3n) is 2.95. The maximum atomic E-state index is 11.7. The van der Waals surface area contributed by atoms with Crippen LogP contribution in [0.4, 0.5) is 0 Å². The van der Waals surface area contributed by atoms with Gasteiger partial charge >= 0.3 is 23.8 Å². The van der Waals surface area contributed by atoms with Crippen molar-refractivity contribution in [3.8, 4) is 5.75 Å². The number of nitrogens with one attached hydrogen (secondary N) is 1. The Balaban J connectivity index is 2.45. The van der Waals surface area contributed by atoms with Crippen LogP contribution in [0.1, 0.15) is 18.4 Å². The number of ether oxygens (including phenoxy) is 1. The molecule has 0 saturated carbocycles. The quantitative estimate of drug-likeness (QED) is 0.379. The molecule has 1 rings (SSSR count). The molecule has 0 aliphatic heterocycles. The van der Waals surface area contributed by atoms with Crippen molar-refractivity contribution in [2.45, 2.75) is 25.3 Å². The molecular formula is C15H17NO8. The Morgan fingerprint density at radius 1 is 1.04 bits per heavy atom. The van der Waals surface area contributed by atoms with Crippen LogP contribution < -0.4 is 5.32 Å². The fourth-order valence-corrected chi connectivity index (χ4v) is 1.84. The Labute approximate surface area is 136 Å². The first-order valence-electron chi connectivity index (χ1n) is 6.97. The molecule has 1 atom stereocenters. The minimum Gasteiger partial charge on any atom is -0.508 e. The molecule has 9 nitrogen and oxygen atoms in total. The molecule has 1 amide bonds. The first kappa shape index (κ1) is 18.9. The van der Waals surface area contributed by atoms with Gasteiger partial charge in [-0.3, -0.25) is 14.4 Å². The van der Waals surface area contributed by atoms with Crippen LogP contribution in [0.25, 0.3) is 0 Å². The predicted octanol–water partition coefficient (Wildman–Crippen LogP) is -0.0879. The average Bonchev–Trinajstić information content (AvgIpc) is 2.48. The summed E-state index contributed by atoms with van der Waals surface area (Å²) in [6.45, 7) is 0.0241. The molecule has 0 spiro atoms. The molecule has 1 aromatic rings. The third-order valence-corrected chi connectivity index (χ3v) is 2.95. The van der Waals surface area contributed by atoms with Crippen LogP contribution in [-0.2, 0) is 30.3 Å². The molecule has 0 fully saturated rings. The minimum atomic E-state index is -1.77. The second kappa shape index (κ2) is 9.13. The summed E-state index contributed by atoms with van der Waals surface area (Å²) < 4.78 is 4.94. The number of hydrogen-bond acceptors (Lipinski definition) is 6. The van der Waals surface area contributed by atoms with E-state index in [-0.39, 0.29) is 12.4 Å². The van der Waals surface area contributed by atoms with Gasteiger partial charge in [0, 0.05) is 6.42 Å². The van der Waals surface area contributed by atoms with Gasteiger partial charge in [-0.05, 0) is 17.7 Å². The van der Waals surface area contributed by atoms with Gasteiger partial charge in [0.1, 0.15) is 5.75 Å².